The highest BCUT2D eigenvalue weighted by atomic mass is 16.1. The zero-order valence-electron chi connectivity index (χ0n) is 17.2. The lowest BCUT2D eigenvalue weighted by Gasteiger charge is -2.28. The number of hydrogen-bond acceptors (Lipinski definition) is 3. The predicted molar refractivity (Wildman–Crippen MR) is 119 cm³/mol. The first kappa shape index (κ1) is 20.6. The maximum absolute atomic E-state index is 12.8. The van der Waals surface area contributed by atoms with Gasteiger partial charge < -0.3 is 10.3 Å². The summed E-state index contributed by atoms with van der Waals surface area (Å²) in [5, 5.41) is 0. The summed E-state index contributed by atoms with van der Waals surface area (Å²) in [7, 11) is 0. The third-order valence-corrected chi connectivity index (χ3v) is 6.49. The Balaban J connectivity index is 1.80. The highest BCUT2D eigenvalue weighted by molar-refractivity contribution is 5.59. The Morgan fingerprint density at radius 3 is 2.39 bits per heavy atom. The van der Waals surface area contributed by atoms with Gasteiger partial charge in [0.05, 0.1) is 11.4 Å². The summed E-state index contributed by atoms with van der Waals surface area (Å²) in [6.07, 6.45) is 20.8. The summed E-state index contributed by atoms with van der Waals surface area (Å²) >= 11 is 0. The van der Waals surface area contributed by atoms with E-state index >= 15 is 0 Å². The van der Waals surface area contributed by atoms with E-state index in [1.807, 2.05) is 4.57 Å². The Bertz CT molecular complexity index is 782. The fourth-order valence-corrected chi connectivity index (χ4v) is 5.01. The Hall–Kier alpha value is -2.10. The van der Waals surface area contributed by atoms with E-state index in [2.05, 4.69) is 24.2 Å². The minimum atomic E-state index is -0.199. The van der Waals surface area contributed by atoms with Crippen LogP contribution in [0.1, 0.15) is 94.5 Å². The SMILES string of the molecule is C=Cc1nc(N)c(=O)n(C2CC/C=C(\C3CCCCCCC3)CCC2)c1C=C. The van der Waals surface area contributed by atoms with E-state index in [1.54, 1.807) is 17.7 Å². The van der Waals surface area contributed by atoms with Gasteiger partial charge in [0.15, 0.2) is 5.82 Å². The van der Waals surface area contributed by atoms with Crippen LogP contribution in [0.5, 0.6) is 0 Å². The average Bonchev–Trinajstić information content (AvgIpc) is 2.64. The molecule has 1 aromatic heterocycles. The van der Waals surface area contributed by atoms with E-state index in [0.717, 1.165) is 43.7 Å². The van der Waals surface area contributed by atoms with Crippen LogP contribution in [0.3, 0.4) is 0 Å². The van der Waals surface area contributed by atoms with Crippen LogP contribution in [-0.4, -0.2) is 9.55 Å². The van der Waals surface area contributed by atoms with Gasteiger partial charge in [-0.2, -0.15) is 0 Å². The fourth-order valence-electron chi connectivity index (χ4n) is 5.01. The zero-order chi connectivity index (χ0) is 19.9. The van der Waals surface area contributed by atoms with Crippen LogP contribution in [0.4, 0.5) is 5.82 Å². The standard InChI is InChI=1S/C24H35N3O/c1-3-21-22(4-2)27(24(28)23(25)26-21)20-16-10-14-19(15-11-17-20)18-12-8-6-5-7-9-13-18/h3-4,14,18,20H,1-2,5-13,15-17H2,(H2,25,26)/b19-14-. The Morgan fingerprint density at radius 1 is 1.00 bits per heavy atom. The number of rotatable bonds is 4. The topological polar surface area (TPSA) is 60.9 Å². The first-order valence-electron chi connectivity index (χ1n) is 11.0. The summed E-state index contributed by atoms with van der Waals surface area (Å²) in [5.41, 5.74) is 8.76. The number of aromatic nitrogens is 2. The molecule has 2 aliphatic rings. The molecular weight excluding hydrogens is 346 g/mol. The molecule has 0 spiro atoms. The van der Waals surface area contributed by atoms with Gasteiger partial charge in [-0.1, -0.05) is 56.9 Å². The second-order valence-electron chi connectivity index (χ2n) is 8.30. The van der Waals surface area contributed by atoms with Gasteiger partial charge >= 0.3 is 0 Å². The minimum Gasteiger partial charge on any atom is -0.379 e. The number of hydrogen-bond donors (Lipinski definition) is 1. The Labute approximate surface area is 169 Å². The van der Waals surface area contributed by atoms with E-state index in [0.29, 0.717) is 5.69 Å². The quantitative estimate of drug-likeness (QED) is 0.660. The maximum atomic E-state index is 12.8. The van der Waals surface area contributed by atoms with Gasteiger partial charge in [-0.3, -0.25) is 4.79 Å². The van der Waals surface area contributed by atoms with Gasteiger partial charge in [0, 0.05) is 6.04 Å². The normalized spacial score (nSPS) is 24.1. The zero-order valence-corrected chi connectivity index (χ0v) is 17.2. The highest BCUT2D eigenvalue weighted by Gasteiger charge is 2.22. The van der Waals surface area contributed by atoms with E-state index in [1.165, 1.54) is 44.9 Å². The summed E-state index contributed by atoms with van der Waals surface area (Å²) in [6.45, 7) is 7.71. The Kier molecular flexibility index (Phi) is 7.30. The summed E-state index contributed by atoms with van der Waals surface area (Å²) in [6, 6.07) is 0.139. The van der Waals surface area contributed by atoms with Crippen molar-refractivity contribution in [1.82, 2.24) is 9.55 Å². The molecule has 0 bridgehead atoms. The lowest BCUT2D eigenvalue weighted by Crippen LogP contribution is -2.31. The van der Waals surface area contributed by atoms with Gasteiger partial charge in [0.25, 0.3) is 5.56 Å². The number of nitrogens with zero attached hydrogens (tertiary/aromatic N) is 2. The van der Waals surface area contributed by atoms with Crippen molar-refractivity contribution >= 4 is 18.0 Å². The third kappa shape index (κ3) is 4.65. The van der Waals surface area contributed by atoms with Crippen molar-refractivity contribution in [2.75, 3.05) is 5.73 Å². The molecule has 1 aromatic rings. The van der Waals surface area contributed by atoms with Crippen LogP contribution in [0, 0.1) is 5.92 Å². The van der Waals surface area contributed by atoms with Crippen molar-refractivity contribution in [3.05, 3.63) is 46.5 Å². The van der Waals surface area contributed by atoms with Gasteiger partial charge in [-0.05, 0) is 63.0 Å². The number of anilines is 1. The van der Waals surface area contributed by atoms with E-state index in [4.69, 9.17) is 5.73 Å². The predicted octanol–water partition coefficient (Wildman–Crippen LogP) is 5.90. The second-order valence-corrected chi connectivity index (χ2v) is 8.30. The number of nitrogens with two attached hydrogens (primary N) is 1. The lowest BCUT2D eigenvalue weighted by molar-refractivity contribution is 0.377. The first-order valence-corrected chi connectivity index (χ1v) is 11.0. The molecule has 1 fully saturated rings. The van der Waals surface area contributed by atoms with Crippen LogP contribution < -0.4 is 11.3 Å². The molecule has 1 unspecified atom stereocenters. The van der Waals surface area contributed by atoms with Crippen molar-refractivity contribution in [1.29, 1.82) is 0 Å². The van der Waals surface area contributed by atoms with Crippen LogP contribution in [0.15, 0.2) is 29.6 Å². The van der Waals surface area contributed by atoms with Gasteiger partial charge in [0.2, 0.25) is 0 Å². The molecule has 0 aromatic carbocycles. The van der Waals surface area contributed by atoms with Crippen molar-refractivity contribution in [2.24, 2.45) is 5.92 Å². The van der Waals surface area contributed by atoms with E-state index in [9.17, 15) is 4.79 Å². The molecular formula is C24H35N3O. The summed E-state index contributed by atoms with van der Waals surface area (Å²) in [5.74, 6) is 0.834. The smallest absolute Gasteiger partial charge is 0.293 e. The molecule has 1 atom stereocenters. The largest absolute Gasteiger partial charge is 0.379 e. The van der Waals surface area contributed by atoms with Crippen molar-refractivity contribution in [2.45, 2.75) is 83.1 Å². The molecule has 2 N–H and O–H groups in total. The molecule has 152 valence electrons. The molecule has 1 heterocycles. The molecule has 0 saturated heterocycles. The first-order chi connectivity index (χ1) is 13.7. The summed E-state index contributed by atoms with van der Waals surface area (Å²) in [4.78, 5) is 17.0. The minimum absolute atomic E-state index is 0.0494. The van der Waals surface area contributed by atoms with Crippen molar-refractivity contribution in [3.8, 4) is 0 Å². The number of allylic oxidation sites excluding steroid dienone is 2. The van der Waals surface area contributed by atoms with Crippen molar-refractivity contribution < 1.29 is 0 Å². The maximum Gasteiger partial charge on any atom is 0.293 e. The highest BCUT2D eigenvalue weighted by Crippen LogP contribution is 2.35. The average molecular weight is 382 g/mol. The molecule has 4 heteroatoms. The molecule has 3 rings (SSSR count). The van der Waals surface area contributed by atoms with E-state index < -0.39 is 0 Å². The molecule has 0 radical (unpaired) electrons. The molecule has 4 nitrogen and oxygen atoms in total. The van der Waals surface area contributed by atoms with Crippen LogP contribution >= 0.6 is 0 Å². The van der Waals surface area contributed by atoms with E-state index in [-0.39, 0.29) is 17.4 Å². The molecule has 1 saturated carbocycles. The third-order valence-electron chi connectivity index (χ3n) is 6.49. The van der Waals surface area contributed by atoms with Crippen LogP contribution in [0.2, 0.25) is 0 Å². The van der Waals surface area contributed by atoms with Gasteiger partial charge in [-0.15, -0.1) is 0 Å². The second kappa shape index (κ2) is 9.90. The fraction of sp³-hybridized carbons (Fsp3) is 0.583. The van der Waals surface area contributed by atoms with Crippen molar-refractivity contribution in [3.63, 3.8) is 0 Å². The molecule has 2 aliphatic carbocycles. The van der Waals surface area contributed by atoms with Crippen LogP contribution in [-0.2, 0) is 0 Å². The monoisotopic (exact) mass is 381 g/mol. The number of nitrogen functional groups attached to an aromatic ring is 1. The van der Waals surface area contributed by atoms with Crippen LogP contribution in [0.25, 0.3) is 12.2 Å². The lowest BCUT2D eigenvalue weighted by atomic mass is 9.81. The summed E-state index contributed by atoms with van der Waals surface area (Å²) < 4.78 is 1.82. The molecule has 28 heavy (non-hydrogen) atoms. The van der Waals surface area contributed by atoms with Gasteiger partial charge in [-0.25, -0.2) is 4.98 Å². The molecule has 0 amide bonds. The Morgan fingerprint density at radius 2 is 1.71 bits per heavy atom. The van der Waals surface area contributed by atoms with Gasteiger partial charge in [0.1, 0.15) is 0 Å². The molecule has 0 aliphatic heterocycles.